The lowest BCUT2D eigenvalue weighted by molar-refractivity contribution is 0.482. The van der Waals surface area contributed by atoms with Crippen molar-refractivity contribution in [2.24, 2.45) is 0 Å². The molecule has 1 fully saturated rings. The Bertz CT molecular complexity index is 1010. The Hall–Kier alpha value is -1.91. The molecule has 1 N–H and O–H groups in total. The molecule has 2 aromatic carbocycles. The van der Waals surface area contributed by atoms with Gasteiger partial charge in [0.05, 0.1) is 10.8 Å². The average molecular weight is 365 g/mol. The molecule has 3 nitrogen and oxygen atoms in total. The predicted octanol–water partition coefficient (Wildman–Crippen LogP) is 4.74. The molecule has 0 saturated carbocycles. The van der Waals surface area contributed by atoms with Crippen LogP contribution in [0.1, 0.15) is 50.0 Å². The lowest BCUT2D eigenvalue weighted by Gasteiger charge is -2.25. The van der Waals surface area contributed by atoms with Crippen molar-refractivity contribution in [3.8, 4) is 0 Å². The van der Waals surface area contributed by atoms with Crippen molar-refractivity contribution >= 4 is 21.7 Å². The van der Waals surface area contributed by atoms with E-state index in [0.29, 0.717) is 18.1 Å². The molecule has 5 rings (SSSR count). The van der Waals surface area contributed by atoms with Crippen molar-refractivity contribution in [1.82, 2.24) is 9.88 Å². The molecule has 0 radical (unpaired) electrons. The normalized spacial score (nSPS) is 22.7. The summed E-state index contributed by atoms with van der Waals surface area (Å²) >= 11 is 0. The number of hydrogen-bond donors (Lipinski definition) is 1. The number of fused-ring (bicyclic) bond motifs is 6. The van der Waals surface area contributed by atoms with Crippen LogP contribution in [0, 0.1) is 0 Å². The minimum Gasteiger partial charge on any atom is -0.342 e. The van der Waals surface area contributed by atoms with E-state index in [-0.39, 0.29) is 0 Å². The second-order valence-corrected chi connectivity index (χ2v) is 9.26. The fourth-order valence-electron chi connectivity index (χ4n) is 4.80. The molecule has 3 unspecified atom stereocenters. The van der Waals surface area contributed by atoms with Crippen LogP contribution in [-0.2, 0) is 17.2 Å². The van der Waals surface area contributed by atoms with Crippen molar-refractivity contribution in [2.45, 2.75) is 61.0 Å². The summed E-state index contributed by atoms with van der Waals surface area (Å²) in [5.74, 6) is 0. The van der Waals surface area contributed by atoms with Gasteiger partial charge in [-0.05, 0) is 62.6 Å². The summed E-state index contributed by atoms with van der Waals surface area (Å²) in [5.41, 5.74) is 4.23. The molecular formula is C22H24N2OS. The van der Waals surface area contributed by atoms with Crippen molar-refractivity contribution in [1.29, 1.82) is 0 Å². The topological polar surface area (TPSA) is 34.0 Å². The zero-order chi connectivity index (χ0) is 17.8. The van der Waals surface area contributed by atoms with Gasteiger partial charge in [-0.25, -0.2) is 4.21 Å². The fourth-order valence-corrected chi connectivity index (χ4v) is 5.89. The van der Waals surface area contributed by atoms with Gasteiger partial charge in [-0.15, -0.1) is 0 Å². The highest BCUT2D eigenvalue weighted by molar-refractivity contribution is 7.85. The molecule has 3 aromatic rings. The molecule has 134 valence electrons. The monoisotopic (exact) mass is 364 g/mol. The van der Waals surface area contributed by atoms with Crippen LogP contribution in [0.25, 0.3) is 10.9 Å². The highest BCUT2D eigenvalue weighted by Gasteiger charge is 2.36. The summed E-state index contributed by atoms with van der Waals surface area (Å²) < 4.78 is 15.6. The quantitative estimate of drug-likeness (QED) is 0.728. The van der Waals surface area contributed by atoms with Gasteiger partial charge in [0.2, 0.25) is 0 Å². The number of nitrogens with one attached hydrogen (secondary N) is 1. The first-order valence-corrected chi connectivity index (χ1v) is 10.7. The van der Waals surface area contributed by atoms with Gasteiger partial charge in [0.1, 0.15) is 0 Å². The van der Waals surface area contributed by atoms with E-state index in [0.717, 1.165) is 16.2 Å². The van der Waals surface area contributed by atoms with Gasteiger partial charge >= 0.3 is 0 Å². The summed E-state index contributed by atoms with van der Waals surface area (Å²) in [5, 5.41) is 5.07. The van der Waals surface area contributed by atoms with Crippen LogP contribution in [0.15, 0.2) is 58.3 Å². The van der Waals surface area contributed by atoms with Gasteiger partial charge < -0.3 is 9.88 Å². The maximum Gasteiger partial charge on any atom is 0.0849 e. The standard InChI is InChI=1S/C22H24N2OS/c1-14(2)24-20-11-9-17(26(25)16-6-4-3-5-7-16)13-18(20)22-19-10-8-15(23-19)12-21(22)24/h3-7,9,11,13-15,19,23H,8,10,12H2,1-2H3. The summed E-state index contributed by atoms with van der Waals surface area (Å²) in [7, 11) is -1.14. The Kier molecular flexibility index (Phi) is 3.80. The van der Waals surface area contributed by atoms with Crippen molar-refractivity contribution in [2.75, 3.05) is 0 Å². The number of hydrogen-bond acceptors (Lipinski definition) is 2. The van der Waals surface area contributed by atoms with E-state index in [1.54, 1.807) is 0 Å². The number of benzene rings is 2. The molecule has 2 aliphatic heterocycles. The van der Waals surface area contributed by atoms with Crippen LogP contribution in [0.2, 0.25) is 0 Å². The first-order valence-electron chi connectivity index (χ1n) is 9.53. The van der Waals surface area contributed by atoms with Gasteiger partial charge in [-0.2, -0.15) is 0 Å². The molecule has 3 atom stereocenters. The molecule has 0 spiro atoms. The predicted molar refractivity (Wildman–Crippen MR) is 106 cm³/mol. The molecular weight excluding hydrogens is 340 g/mol. The second-order valence-electron chi connectivity index (χ2n) is 7.78. The molecule has 1 aromatic heterocycles. The molecule has 0 aliphatic carbocycles. The molecule has 4 heteroatoms. The van der Waals surface area contributed by atoms with Gasteiger partial charge in [0, 0.05) is 50.9 Å². The van der Waals surface area contributed by atoms with E-state index in [1.165, 1.54) is 35.0 Å². The minimum absolute atomic E-state index is 0.434. The molecule has 3 heterocycles. The zero-order valence-electron chi connectivity index (χ0n) is 15.2. The summed E-state index contributed by atoms with van der Waals surface area (Å²) in [6.07, 6.45) is 3.57. The first kappa shape index (κ1) is 16.3. The summed E-state index contributed by atoms with van der Waals surface area (Å²) in [6.45, 7) is 4.53. The van der Waals surface area contributed by atoms with E-state index in [4.69, 9.17) is 0 Å². The van der Waals surface area contributed by atoms with E-state index in [9.17, 15) is 4.21 Å². The van der Waals surface area contributed by atoms with Gasteiger partial charge in [0.25, 0.3) is 0 Å². The average Bonchev–Trinajstić information content (AvgIpc) is 3.20. The Labute approximate surface area is 156 Å². The third-order valence-corrected chi connectivity index (χ3v) is 7.22. The summed E-state index contributed by atoms with van der Waals surface area (Å²) in [6, 6.07) is 17.6. The lowest BCUT2D eigenvalue weighted by atomic mass is 9.99. The number of aromatic nitrogens is 1. The lowest BCUT2D eigenvalue weighted by Crippen LogP contribution is -2.32. The largest absolute Gasteiger partial charge is 0.342 e. The molecule has 26 heavy (non-hydrogen) atoms. The second kappa shape index (κ2) is 6.07. The van der Waals surface area contributed by atoms with Crippen molar-refractivity contribution in [3.63, 3.8) is 0 Å². The Morgan fingerprint density at radius 2 is 1.88 bits per heavy atom. The van der Waals surface area contributed by atoms with Crippen LogP contribution >= 0.6 is 0 Å². The van der Waals surface area contributed by atoms with E-state index >= 15 is 0 Å². The molecule has 0 amide bonds. The molecule has 2 bridgehead atoms. The van der Waals surface area contributed by atoms with Crippen molar-refractivity contribution in [3.05, 3.63) is 59.8 Å². The Balaban J connectivity index is 1.71. The van der Waals surface area contributed by atoms with Gasteiger partial charge in [-0.3, -0.25) is 0 Å². The van der Waals surface area contributed by atoms with Crippen LogP contribution in [0.3, 0.4) is 0 Å². The van der Waals surface area contributed by atoms with Gasteiger partial charge in [-0.1, -0.05) is 18.2 Å². The van der Waals surface area contributed by atoms with E-state index in [1.807, 2.05) is 36.4 Å². The summed E-state index contributed by atoms with van der Waals surface area (Å²) in [4.78, 5) is 1.76. The third-order valence-electron chi connectivity index (χ3n) is 5.84. The maximum atomic E-state index is 13.0. The number of nitrogens with zero attached hydrogens (tertiary/aromatic N) is 1. The van der Waals surface area contributed by atoms with E-state index < -0.39 is 10.8 Å². The number of rotatable bonds is 3. The highest BCUT2D eigenvalue weighted by atomic mass is 32.2. The van der Waals surface area contributed by atoms with Crippen LogP contribution in [0.4, 0.5) is 0 Å². The van der Waals surface area contributed by atoms with Crippen LogP contribution in [0.5, 0.6) is 0 Å². The molecule has 2 aliphatic rings. The zero-order valence-corrected chi connectivity index (χ0v) is 16.1. The van der Waals surface area contributed by atoms with Crippen LogP contribution in [-0.4, -0.2) is 14.8 Å². The maximum absolute atomic E-state index is 13.0. The Morgan fingerprint density at radius 1 is 1.08 bits per heavy atom. The smallest absolute Gasteiger partial charge is 0.0849 e. The highest BCUT2D eigenvalue weighted by Crippen LogP contribution is 2.43. The van der Waals surface area contributed by atoms with Crippen LogP contribution < -0.4 is 5.32 Å². The van der Waals surface area contributed by atoms with Gasteiger partial charge in [0.15, 0.2) is 0 Å². The van der Waals surface area contributed by atoms with Crippen molar-refractivity contribution < 1.29 is 4.21 Å². The Morgan fingerprint density at radius 3 is 2.65 bits per heavy atom. The third kappa shape index (κ3) is 2.39. The minimum atomic E-state index is -1.14. The fraction of sp³-hybridized carbons (Fsp3) is 0.364. The first-order chi connectivity index (χ1) is 12.6. The SMILES string of the molecule is CC(C)n1c2c(c3cc(S(=O)c4ccccc4)ccc31)C1CCC(C2)N1. The van der Waals surface area contributed by atoms with E-state index in [2.05, 4.69) is 35.9 Å². The molecule has 1 saturated heterocycles.